The number of hydrogen-bond acceptors (Lipinski definition) is 6. The molecule has 0 spiro atoms. The third kappa shape index (κ3) is 4.34. The number of nitrogens with one attached hydrogen (secondary N) is 1. The van der Waals surface area contributed by atoms with Gasteiger partial charge < -0.3 is 5.73 Å². The molecule has 17 heavy (non-hydrogen) atoms. The van der Waals surface area contributed by atoms with Crippen LogP contribution in [0.15, 0.2) is 34.6 Å². The van der Waals surface area contributed by atoms with E-state index in [0.717, 1.165) is 0 Å². The van der Waals surface area contributed by atoms with Crippen molar-refractivity contribution in [3.05, 3.63) is 34.4 Å². The second kappa shape index (κ2) is 6.28. The van der Waals surface area contributed by atoms with Crippen LogP contribution in [0, 0.1) is 10.1 Å². The number of nitro benzene ring substituents is 1. The van der Waals surface area contributed by atoms with Gasteiger partial charge in [-0.1, -0.05) is 5.22 Å². The molecule has 0 aliphatic carbocycles. The number of non-ortho nitro benzene ring substituents is 1. The Morgan fingerprint density at radius 1 is 1.41 bits per heavy atom. The molecule has 0 aliphatic rings. The van der Waals surface area contributed by atoms with Crippen LogP contribution in [-0.2, 0) is 4.79 Å². The summed E-state index contributed by atoms with van der Waals surface area (Å²) in [4.78, 5) is 20.6. The molecule has 8 nitrogen and oxygen atoms in total. The zero-order valence-electron chi connectivity index (χ0n) is 8.87. The molecular formula is C9H11N5O3. The first-order valence-corrected chi connectivity index (χ1v) is 4.72. The minimum atomic E-state index is -0.495. The van der Waals surface area contributed by atoms with Gasteiger partial charge in [0.2, 0.25) is 0 Å². The Morgan fingerprint density at radius 2 is 2.06 bits per heavy atom. The van der Waals surface area contributed by atoms with Gasteiger partial charge in [-0.3, -0.25) is 20.3 Å². The highest BCUT2D eigenvalue weighted by molar-refractivity contribution is 5.82. The lowest BCUT2D eigenvalue weighted by Gasteiger charge is -1.97. The summed E-state index contributed by atoms with van der Waals surface area (Å²) in [6, 6.07) is 5.65. The highest BCUT2D eigenvalue weighted by atomic mass is 16.6. The van der Waals surface area contributed by atoms with Gasteiger partial charge in [0.1, 0.15) is 6.54 Å². The molecule has 0 amide bonds. The number of ketones is 1. The maximum atomic E-state index is 10.8. The zero-order valence-corrected chi connectivity index (χ0v) is 8.87. The number of nitrogens with two attached hydrogens (primary N) is 1. The van der Waals surface area contributed by atoms with Crippen LogP contribution >= 0.6 is 0 Å². The van der Waals surface area contributed by atoms with Gasteiger partial charge in [0, 0.05) is 12.1 Å². The molecule has 8 heteroatoms. The van der Waals surface area contributed by atoms with Gasteiger partial charge >= 0.3 is 0 Å². The number of hydrogen-bond donors (Lipinski definition) is 2. The van der Waals surface area contributed by atoms with Gasteiger partial charge in [-0.2, -0.15) is 5.11 Å². The summed E-state index contributed by atoms with van der Waals surface area (Å²) >= 11 is 0. The molecule has 3 N–H and O–H groups in total. The van der Waals surface area contributed by atoms with Crippen molar-refractivity contribution < 1.29 is 9.72 Å². The summed E-state index contributed by atoms with van der Waals surface area (Å²) in [6.07, 6.45) is 0. The van der Waals surface area contributed by atoms with Crippen molar-refractivity contribution in [2.75, 3.05) is 18.5 Å². The molecule has 90 valence electrons. The van der Waals surface area contributed by atoms with Crippen molar-refractivity contribution in [3.8, 4) is 0 Å². The van der Waals surface area contributed by atoms with Crippen LogP contribution in [-0.4, -0.2) is 23.8 Å². The molecule has 0 bridgehead atoms. The van der Waals surface area contributed by atoms with Crippen LogP contribution in [0.3, 0.4) is 0 Å². The Kier molecular flexibility index (Phi) is 4.70. The Bertz CT molecular complexity index is 429. The summed E-state index contributed by atoms with van der Waals surface area (Å²) in [6.45, 7) is -0.160. The lowest BCUT2D eigenvalue weighted by Crippen LogP contribution is -2.15. The van der Waals surface area contributed by atoms with Gasteiger partial charge in [0.15, 0.2) is 5.78 Å². The van der Waals surface area contributed by atoms with Gasteiger partial charge in [0.25, 0.3) is 5.69 Å². The third-order valence-corrected chi connectivity index (χ3v) is 1.80. The average Bonchev–Trinajstić information content (AvgIpc) is 2.34. The average molecular weight is 237 g/mol. The van der Waals surface area contributed by atoms with Crippen LogP contribution in [0.4, 0.5) is 11.4 Å². The SMILES string of the molecule is NCC(=O)CN=NNc1ccc([N+](=O)[O-])cc1. The fraction of sp³-hybridized carbons (Fsp3) is 0.222. The maximum Gasteiger partial charge on any atom is 0.269 e. The molecule has 0 radical (unpaired) electrons. The van der Waals surface area contributed by atoms with Crippen LogP contribution < -0.4 is 11.2 Å². The number of benzene rings is 1. The zero-order chi connectivity index (χ0) is 12.7. The standard InChI is InChI=1S/C9H11N5O3/c10-5-9(15)6-11-13-12-7-1-3-8(4-2-7)14(16)17/h1-4H,5-6,10H2,(H,11,12). The highest BCUT2D eigenvalue weighted by Gasteiger charge is 2.02. The van der Waals surface area contributed by atoms with E-state index in [2.05, 4.69) is 15.8 Å². The van der Waals surface area contributed by atoms with E-state index >= 15 is 0 Å². The van der Waals surface area contributed by atoms with Gasteiger partial charge in [-0.25, -0.2) is 0 Å². The van der Waals surface area contributed by atoms with E-state index in [9.17, 15) is 14.9 Å². The number of rotatable bonds is 6. The molecule has 0 saturated heterocycles. The summed E-state index contributed by atoms with van der Waals surface area (Å²) < 4.78 is 0. The molecule has 0 unspecified atom stereocenters. The first-order chi connectivity index (χ1) is 8.13. The van der Waals surface area contributed by atoms with Crippen LogP contribution in [0.1, 0.15) is 0 Å². The second-order valence-corrected chi connectivity index (χ2v) is 3.06. The van der Waals surface area contributed by atoms with E-state index in [4.69, 9.17) is 5.73 Å². The number of nitro groups is 1. The van der Waals surface area contributed by atoms with Gasteiger partial charge in [-0.05, 0) is 12.1 Å². The molecule has 0 aromatic heterocycles. The Morgan fingerprint density at radius 3 is 2.59 bits per heavy atom. The lowest BCUT2D eigenvalue weighted by molar-refractivity contribution is -0.384. The normalized spacial score (nSPS) is 10.4. The topological polar surface area (TPSA) is 123 Å². The summed E-state index contributed by atoms with van der Waals surface area (Å²) in [5.41, 5.74) is 8.14. The molecule has 0 fully saturated rings. The van der Waals surface area contributed by atoms with Crippen molar-refractivity contribution in [1.82, 2.24) is 0 Å². The number of anilines is 1. The van der Waals surface area contributed by atoms with Crippen molar-refractivity contribution in [1.29, 1.82) is 0 Å². The van der Waals surface area contributed by atoms with Crippen molar-refractivity contribution in [2.45, 2.75) is 0 Å². The number of Topliss-reactive ketones (excluding diaryl/α,β-unsaturated/α-hetero) is 1. The van der Waals surface area contributed by atoms with Gasteiger partial charge in [0.05, 0.1) is 17.2 Å². The Hall–Kier alpha value is -2.35. The molecule has 0 atom stereocenters. The molecule has 1 aromatic carbocycles. The molecule has 1 rings (SSSR count). The van der Waals surface area contributed by atoms with E-state index in [-0.39, 0.29) is 24.6 Å². The van der Waals surface area contributed by atoms with Crippen molar-refractivity contribution >= 4 is 17.2 Å². The van der Waals surface area contributed by atoms with E-state index < -0.39 is 4.92 Å². The summed E-state index contributed by atoms with van der Waals surface area (Å²) in [5, 5.41) is 17.5. The first kappa shape index (κ1) is 12.7. The molecule has 0 aliphatic heterocycles. The minimum Gasteiger partial charge on any atom is -0.324 e. The fourth-order valence-corrected chi connectivity index (χ4v) is 0.930. The molecule has 0 saturated carbocycles. The number of carbonyl (C=O) groups is 1. The van der Waals surface area contributed by atoms with Crippen molar-refractivity contribution in [3.63, 3.8) is 0 Å². The monoisotopic (exact) mass is 237 g/mol. The lowest BCUT2D eigenvalue weighted by atomic mass is 10.3. The summed E-state index contributed by atoms with van der Waals surface area (Å²) in [7, 11) is 0. The molecular weight excluding hydrogens is 226 g/mol. The first-order valence-electron chi connectivity index (χ1n) is 4.72. The van der Waals surface area contributed by atoms with Crippen molar-refractivity contribution in [2.24, 2.45) is 16.1 Å². The van der Waals surface area contributed by atoms with E-state index in [1.54, 1.807) is 0 Å². The smallest absolute Gasteiger partial charge is 0.269 e. The minimum absolute atomic E-state index is 0.00852. The Balaban J connectivity index is 2.47. The predicted octanol–water partition coefficient (Wildman–Crippen LogP) is 0.902. The highest BCUT2D eigenvalue weighted by Crippen LogP contribution is 2.15. The summed E-state index contributed by atoms with van der Waals surface area (Å²) in [5.74, 6) is -0.223. The quantitative estimate of drug-likeness (QED) is 0.432. The third-order valence-electron chi connectivity index (χ3n) is 1.80. The van der Waals surface area contributed by atoms with Crippen LogP contribution in [0.5, 0.6) is 0 Å². The van der Waals surface area contributed by atoms with Crippen LogP contribution in [0.25, 0.3) is 0 Å². The molecule has 1 aromatic rings. The second-order valence-electron chi connectivity index (χ2n) is 3.06. The van der Waals surface area contributed by atoms with E-state index in [1.165, 1.54) is 24.3 Å². The predicted molar refractivity (Wildman–Crippen MR) is 60.5 cm³/mol. The number of carbonyl (C=O) groups excluding carboxylic acids is 1. The Labute approximate surface area is 96.6 Å². The largest absolute Gasteiger partial charge is 0.324 e. The van der Waals surface area contributed by atoms with Crippen LogP contribution in [0.2, 0.25) is 0 Å². The van der Waals surface area contributed by atoms with E-state index in [1.807, 2.05) is 0 Å². The fourth-order valence-electron chi connectivity index (χ4n) is 0.930. The number of nitrogens with zero attached hydrogens (tertiary/aromatic N) is 3. The van der Waals surface area contributed by atoms with Gasteiger partial charge in [-0.15, -0.1) is 0 Å². The molecule has 0 heterocycles. The maximum absolute atomic E-state index is 10.8. The van der Waals surface area contributed by atoms with E-state index in [0.29, 0.717) is 5.69 Å².